The maximum Gasteiger partial charge on any atom is 0.214 e. The first-order valence-corrected chi connectivity index (χ1v) is 7.03. The van der Waals surface area contributed by atoms with Crippen molar-refractivity contribution >= 4 is 29.9 Å². The second-order valence-electron chi connectivity index (χ2n) is 4.66. The van der Waals surface area contributed by atoms with Crippen LogP contribution in [0.15, 0.2) is 9.41 Å². The molecule has 0 aliphatic carbocycles. The summed E-state index contributed by atoms with van der Waals surface area (Å²) in [6, 6.07) is 0. The molecule has 0 aromatic carbocycles. The van der Waals surface area contributed by atoms with Gasteiger partial charge in [0, 0.05) is 27.3 Å². The Morgan fingerprint density at radius 1 is 1.24 bits per heavy atom. The number of hydrogen-bond acceptors (Lipinski definition) is 4. The Bertz CT molecular complexity index is 402. The molecule has 0 radical (unpaired) electrons. The number of guanidine groups is 1. The third kappa shape index (κ3) is 8.25. The van der Waals surface area contributed by atoms with Crippen molar-refractivity contribution in [3.63, 3.8) is 0 Å². The molecular weight excluding hydrogens is 383 g/mol. The second kappa shape index (κ2) is 11.8. The highest BCUT2D eigenvalue weighted by Gasteiger charge is 2.05. The number of aryl methyl sites for hydroxylation is 2. The number of nitrogens with zero attached hydrogens (tertiary/aromatic N) is 2. The topological polar surface area (TPSA) is 71.7 Å². The van der Waals surface area contributed by atoms with Gasteiger partial charge in [0.1, 0.15) is 5.76 Å². The van der Waals surface area contributed by atoms with Crippen LogP contribution in [-0.2, 0) is 11.3 Å². The van der Waals surface area contributed by atoms with E-state index in [1.165, 1.54) is 0 Å². The summed E-state index contributed by atoms with van der Waals surface area (Å²) in [7, 11) is 3.49. The number of hydrogen-bond donors (Lipinski definition) is 2. The van der Waals surface area contributed by atoms with E-state index in [-0.39, 0.29) is 24.0 Å². The zero-order valence-electron chi connectivity index (χ0n) is 13.4. The van der Waals surface area contributed by atoms with Gasteiger partial charge in [-0.3, -0.25) is 4.99 Å². The number of methoxy groups -OCH3 is 1. The fourth-order valence-corrected chi connectivity index (χ4v) is 1.75. The third-order valence-corrected chi connectivity index (χ3v) is 3.02. The van der Waals surface area contributed by atoms with Crippen molar-refractivity contribution in [2.45, 2.75) is 39.7 Å². The molecule has 1 rings (SSSR count). The van der Waals surface area contributed by atoms with Crippen LogP contribution in [0.5, 0.6) is 0 Å². The summed E-state index contributed by atoms with van der Waals surface area (Å²) >= 11 is 0. The van der Waals surface area contributed by atoms with Gasteiger partial charge in [-0.2, -0.15) is 0 Å². The van der Waals surface area contributed by atoms with Gasteiger partial charge in [0.25, 0.3) is 0 Å². The van der Waals surface area contributed by atoms with Gasteiger partial charge in [0.2, 0.25) is 5.89 Å². The van der Waals surface area contributed by atoms with Crippen molar-refractivity contribution < 1.29 is 9.15 Å². The Balaban J connectivity index is 0.00000400. The zero-order valence-corrected chi connectivity index (χ0v) is 15.7. The molecule has 0 atom stereocenters. The third-order valence-electron chi connectivity index (χ3n) is 3.02. The molecule has 0 fully saturated rings. The Labute approximate surface area is 144 Å². The summed E-state index contributed by atoms with van der Waals surface area (Å²) in [6.45, 7) is 6.12. The van der Waals surface area contributed by atoms with E-state index in [4.69, 9.17) is 9.15 Å². The highest BCUT2D eigenvalue weighted by atomic mass is 127. The molecular formula is C14H27IN4O2. The van der Waals surface area contributed by atoms with Crippen LogP contribution in [0.25, 0.3) is 0 Å². The standard InChI is InChI=1S/C14H26N4O2.HI/c1-11-12(2)20-13(18-11)10-17-14(15-3)16-8-6-5-7-9-19-4;/h5-10H2,1-4H3,(H2,15,16,17);1H. The Hall–Kier alpha value is -0.830. The van der Waals surface area contributed by atoms with Gasteiger partial charge in [-0.15, -0.1) is 24.0 Å². The van der Waals surface area contributed by atoms with Crippen molar-refractivity contribution in [2.24, 2.45) is 4.99 Å². The predicted octanol–water partition coefficient (Wildman–Crippen LogP) is 2.39. The molecule has 0 bridgehead atoms. The first-order chi connectivity index (χ1) is 9.67. The molecule has 0 spiro atoms. The summed E-state index contributed by atoms with van der Waals surface area (Å²) in [5.74, 6) is 2.32. The lowest BCUT2D eigenvalue weighted by molar-refractivity contribution is 0.192. The molecule has 6 nitrogen and oxygen atoms in total. The lowest BCUT2D eigenvalue weighted by Crippen LogP contribution is -2.37. The van der Waals surface area contributed by atoms with E-state index < -0.39 is 0 Å². The molecule has 1 aromatic heterocycles. The Kier molecular flexibility index (Phi) is 11.3. The lowest BCUT2D eigenvalue weighted by atomic mass is 10.2. The maximum absolute atomic E-state index is 5.51. The van der Waals surface area contributed by atoms with E-state index in [1.807, 2.05) is 13.8 Å². The van der Waals surface area contributed by atoms with Crippen LogP contribution < -0.4 is 10.6 Å². The van der Waals surface area contributed by atoms with Gasteiger partial charge < -0.3 is 19.8 Å². The van der Waals surface area contributed by atoms with Crippen LogP contribution in [0.4, 0.5) is 0 Å². The number of unbranched alkanes of at least 4 members (excludes halogenated alkanes) is 2. The molecule has 1 aromatic rings. The summed E-state index contributed by atoms with van der Waals surface area (Å²) < 4.78 is 10.5. The van der Waals surface area contributed by atoms with E-state index >= 15 is 0 Å². The Morgan fingerprint density at radius 3 is 2.57 bits per heavy atom. The highest BCUT2D eigenvalue weighted by Crippen LogP contribution is 2.07. The fourth-order valence-electron chi connectivity index (χ4n) is 1.75. The molecule has 7 heteroatoms. The summed E-state index contributed by atoms with van der Waals surface area (Å²) in [6.07, 6.45) is 3.34. The molecule has 21 heavy (non-hydrogen) atoms. The molecule has 0 saturated heterocycles. The minimum Gasteiger partial charge on any atom is -0.444 e. The molecule has 2 N–H and O–H groups in total. The van der Waals surface area contributed by atoms with Crippen molar-refractivity contribution in [3.8, 4) is 0 Å². The van der Waals surface area contributed by atoms with Crippen molar-refractivity contribution in [1.82, 2.24) is 15.6 Å². The Morgan fingerprint density at radius 2 is 2.00 bits per heavy atom. The number of aliphatic imine (C=N–C) groups is 1. The van der Waals surface area contributed by atoms with Crippen LogP contribution in [0.3, 0.4) is 0 Å². The average molecular weight is 410 g/mol. The molecule has 0 aliphatic rings. The van der Waals surface area contributed by atoms with Gasteiger partial charge in [0.15, 0.2) is 5.96 Å². The SMILES string of the molecule is CN=C(NCCCCCOC)NCc1nc(C)c(C)o1.I. The minimum atomic E-state index is 0. The number of nitrogens with one attached hydrogen (secondary N) is 2. The summed E-state index contributed by atoms with van der Waals surface area (Å²) in [5.41, 5.74) is 0.933. The van der Waals surface area contributed by atoms with Gasteiger partial charge >= 0.3 is 0 Å². The molecule has 0 saturated carbocycles. The van der Waals surface area contributed by atoms with Gasteiger partial charge in [-0.1, -0.05) is 0 Å². The van der Waals surface area contributed by atoms with Gasteiger partial charge in [0.05, 0.1) is 12.2 Å². The lowest BCUT2D eigenvalue weighted by Gasteiger charge is -2.10. The first kappa shape index (κ1) is 20.2. The van der Waals surface area contributed by atoms with E-state index in [2.05, 4.69) is 20.6 Å². The van der Waals surface area contributed by atoms with E-state index in [9.17, 15) is 0 Å². The van der Waals surface area contributed by atoms with Crippen molar-refractivity contribution in [2.75, 3.05) is 27.3 Å². The van der Waals surface area contributed by atoms with E-state index in [0.29, 0.717) is 12.4 Å². The average Bonchev–Trinajstić information content (AvgIpc) is 2.76. The smallest absolute Gasteiger partial charge is 0.214 e. The summed E-state index contributed by atoms with van der Waals surface area (Å²) in [5, 5.41) is 6.45. The van der Waals surface area contributed by atoms with Gasteiger partial charge in [-0.05, 0) is 33.1 Å². The molecule has 0 aliphatic heterocycles. The second-order valence-corrected chi connectivity index (χ2v) is 4.66. The quantitative estimate of drug-likeness (QED) is 0.298. The van der Waals surface area contributed by atoms with Crippen LogP contribution in [0.1, 0.15) is 36.6 Å². The zero-order chi connectivity index (χ0) is 14.8. The van der Waals surface area contributed by atoms with Crippen LogP contribution in [0, 0.1) is 13.8 Å². The summed E-state index contributed by atoms with van der Waals surface area (Å²) in [4.78, 5) is 8.49. The highest BCUT2D eigenvalue weighted by molar-refractivity contribution is 14.0. The first-order valence-electron chi connectivity index (χ1n) is 7.03. The van der Waals surface area contributed by atoms with Crippen LogP contribution >= 0.6 is 24.0 Å². The predicted molar refractivity (Wildman–Crippen MR) is 95.3 cm³/mol. The van der Waals surface area contributed by atoms with E-state index in [0.717, 1.165) is 49.8 Å². The van der Waals surface area contributed by atoms with Crippen molar-refractivity contribution in [1.29, 1.82) is 0 Å². The van der Waals surface area contributed by atoms with Crippen LogP contribution in [0.2, 0.25) is 0 Å². The van der Waals surface area contributed by atoms with E-state index in [1.54, 1.807) is 14.2 Å². The minimum absolute atomic E-state index is 0. The number of oxazole rings is 1. The maximum atomic E-state index is 5.51. The number of halogens is 1. The normalized spacial score (nSPS) is 11.1. The fraction of sp³-hybridized carbons (Fsp3) is 0.714. The number of aromatic nitrogens is 1. The van der Waals surface area contributed by atoms with Crippen molar-refractivity contribution in [3.05, 3.63) is 17.3 Å². The monoisotopic (exact) mass is 410 g/mol. The molecule has 0 unspecified atom stereocenters. The van der Waals surface area contributed by atoms with Gasteiger partial charge in [-0.25, -0.2) is 4.98 Å². The molecule has 1 heterocycles. The van der Waals surface area contributed by atoms with Crippen LogP contribution in [-0.4, -0.2) is 38.3 Å². The number of ether oxygens (including phenoxy) is 1. The molecule has 0 amide bonds. The number of rotatable bonds is 8. The largest absolute Gasteiger partial charge is 0.444 e. The molecule has 122 valence electrons.